The maximum atomic E-state index is 8.81. The molecule has 6 heteroatoms. The summed E-state index contributed by atoms with van der Waals surface area (Å²) < 4.78 is 0. The van der Waals surface area contributed by atoms with Gasteiger partial charge in [0, 0.05) is 4.92 Å². The van der Waals surface area contributed by atoms with E-state index in [1.54, 1.807) is 0 Å². The molecule has 0 atom stereocenters. The lowest BCUT2D eigenvalue weighted by Gasteiger charge is -1.96. The summed E-state index contributed by atoms with van der Waals surface area (Å²) >= 11 is 0. The summed E-state index contributed by atoms with van der Waals surface area (Å²) in [6.07, 6.45) is -0.954. The molecule has 0 heterocycles. The van der Waals surface area contributed by atoms with Crippen molar-refractivity contribution in [3.63, 3.8) is 0 Å². The Bertz CT molecular complexity index is 77.7. The molecule has 0 rings (SSSR count). The van der Waals surface area contributed by atoms with Crippen LogP contribution in [0, 0.1) is 10.1 Å². The van der Waals surface area contributed by atoms with Crippen molar-refractivity contribution in [3.05, 3.63) is 10.1 Å². The second-order valence-electron chi connectivity index (χ2n) is 1.46. The largest absolute Gasteiger partial charge is 0.394 e. The molecule has 62 valence electrons. The third-order valence-corrected chi connectivity index (χ3v) is 0.421. The van der Waals surface area contributed by atoms with Gasteiger partial charge in [0.2, 0.25) is 0 Å². The Morgan fingerprint density at radius 1 is 1.50 bits per heavy atom. The summed E-state index contributed by atoms with van der Waals surface area (Å²) in [5.74, 6) is 0. The van der Waals surface area contributed by atoms with Crippen LogP contribution in [0.4, 0.5) is 0 Å². The molecule has 0 radical (unpaired) electrons. The van der Waals surface area contributed by atoms with Crippen LogP contribution in [0.1, 0.15) is 0 Å². The fourth-order valence-corrected chi connectivity index (χ4v) is 0.0577. The highest BCUT2D eigenvalue weighted by atomic mass is 16.6. The quantitative estimate of drug-likeness (QED) is 0.321. The molecule has 0 aliphatic heterocycles. The van der Waals surface area contributed by atoms with Crippen LogP contribution in [0.2, 0.25) is 0 Å². The van der Waals surface area contributed by atoms with Gasteiger partial charge in [-0.1, -0.05) is 0 Å². The number of rotatable bonds is 2. The van der Waals surface area contributed by atoms with Gasteiger partial charge >= 0.3 is 0 Å². The Kier molecular flexibility index (Phi) is 9.94. The van der Waals surface area contributed by atoms with E-state index in [0.717, 1.165) is 7.05 Å². The van der Waals surface area contributed by atoms with E-state index in [0.29, 0.717) is 0 Å². The minimum Gasteiger partial charge on any atom is -0.394 e. The highest BCUT2D eigenvalue weighted by molar-refractivity contribution is 4.43. The average molecular weight is 153 g/mol. The molecule has 0 spiro atoms. The number of aliphatic hydroxyl groups is 3. The number of nitro groups is 1. The Morgan fingerprint density at radius 2 is 1.70 bits per heavy atom. The van der Waals surface area contributed by atoms with Crippen LogP contribution >= 0.6 is 0 Å². The molecule has 0 saturated carbocycles. The fourth-order valence-electron chi connectivity index (χ4n) is 0.0577. The normalized spacial score (nSPS) is 8.50. The SMILES string of the molecule is C[N+](=O)[O-].OCC(O)CO. The van der Waals surface area contributed by atoms with Crippen molar-refractivity contribution in [2.45, 2.75) is 6.10 Å². The van der Waals surface area contributed by atoms with E-state index in [9.17, 15) is 0 Å². The summed E-state index contributed by atoms with van der Waals surface area (Å²) in [6, 6.07) is 0. The molecule has 0 aliphatic rings. The molecule has 0 amide bonds. The molecule has 10 heavy (non-hydrogen) atoms. The zero-order valence-electron chi connectivity index (χ0n) is 5.60. The predicted molar refractivity (Wildman–Crippen MR) is 33.1 cm³/mol. The number of hydrogen-bond acceptors (Lipinski definition) is 5. The summed E-state index contributed by atoms with van der Waals surface area (Å²) in [5, 5.41) is 32.8. The highest BCUT2D eigenvalue weighted by Gasteiger charge is 1.93. The zero-order valence-corrected chi connectivity index (χ0v) is 5.60. The average Bonchev–Trinajstić information content (AvgIpc) is 1.85. The standard InChI is InChI=1S/C3H8O3.CH3NO2/c4-1-3(6)2-5;1-2(3)4/h3-6H,1-2H2;1H3. The van der Waals surface area contributed by atoms with Gasteiger partial charge in [0.05, 0.1) is 13.2 Å². The number of aliphatic hydroxyl groups excluding tert-OH is 3. The molecule has 0 fully saturated rings. The highest BCUT2D eigenvalue weighted by Crippen LogP contribution is 1.71. The van der Waals surface area contributed by atoms with Crippen molar-refractivity contribution in [1.82, 2.24) is 0 Å². The molecule has 0 aromatic rings. The van der Waals surface area contributed by atoms with Crippen molar-refractivity contribution < 1.29 is 20.2 Å². The van der Waals surface area contributed by atoms with Crippen LogP contribution in [0.3, 0.4) is 0 Å². The van der Waals surface area contributed by atoms with Gasteiger partial charge < -0.3 is 15.3 Å². The summed E-state index contributed by atoms with van der Waals surface area (Å²) in [7, 11) is 0.889. The minimum absolute atomic E-state index is 0.365. The monoisotopic (exact) mass is 153 g/mol. The maximum Gasteiger partial charge on any atom is 0.194 e. The van der Waals surface area contributed by atoms with E-state index in [2.05, 4.69) is 0 Å². The molecular weight excluding hydrogens is 142 g/mol. The molecule has 0 bridgehead atoms. The molecule has 0 aromatic heterocycles. The van der Waals surface area contributed by atoms with E-state index < -0.39 is 11.0 Å². The van der Waals surface area contributed by atoms with Crippen LogP contribution in [0.5, 0.6) is 0 Å². The predicted octanol–water partition coefficient (Wildman–Crippen LogP) is -1.78. The number of nitrogens with zero attached hydrogens (tertiary/aromatic N) is 1. The van der Waals surface area contributed by atoms with E-state index in [1.807, 2.05) is 0 Å². The molecule has 0 saturated heterocycles. The molecule has 0 aromatic carbocycles. The van der Waals surface area contributed by atoms with Gasteiger partial charge in [-0.2, -0.15) is 0 Å². The van der Waals surface area contributed by atoms with Gasteiger partial charge in [0.25, 0.3) is 0 Å². The van der Waals surface area contributed by atoms with Crippen molar-refractivity contribution in [2.75, 3.05) is 20.3 Å². The van der Waals surface area contributed by atoms with Crippen LogP contribution < -0.4 is 0 Å². The second kappa shape index (κ2) is 8.28. The maximum absolute atomic E-state index is 8.81. The summed E-state index contributed by atoms with van der Waals surface area (Å²) in [5.41, 5.74) is 0. The Morgan fingerprint density at radius 3 is 1.70 bits per heavy atom. The van der Waals surface area contributed by atoms with Crippen molar-refractivity contribution in [1.29, 1.82) is 0 Å². The lowest BCUT2D eigenvalue weighted by Crippen LogP contribution is -2.15. The van der Waals surface area contributed by atoms with E-state index >= 15 is 0 Å². The zero-order chi connectivity index (χ0) is 8.57. The third-order valence-electron chi connectivity index (χ3n) is 0.421. The second-order valence-corrected chi connectivity index (χ2v) is 1.46. The van der Waals surface area contributed by atoms with Gasteiger partial charge in [0.1, 0.15) is 6.10 Å². The lowest BCUT2D eigenvalue weighted by molar-refractivity contribution is -0.445. The van der Waals surface area contributed by atoms with Gasteiger partial charge in [-0.3, -0.25) is 10.1 Å². The summed E-state index contributed by atoms with van der Waals surface area (Å²) in [4.78, 5) is 8.31. The van der Waals surface area contributed by atoms with Gasteiger partial charge in [-0.15, -0.1) is 0 Å². The third kappa shape index (κ3) is 26.7. The molecule has 6 nitrogen and oxygen atoms in total. The topological polar surface area (TPSA) is 104 Å². The van der Waals surface area contributed by atoms with Crippen molar-refractivity contribution >= 4 is 0 Å². The first-order valence-corrected chi connectivity index (χ1v) is 2.52. The summed E-state index contributed by atoms with van der Waals surface area (Å²) in [6.45, 7) is -0.729. The first kappa shape index (κ1) is 12.0. The Labute approximate surface area is 57.9 Å². The Hall–Kier alpha value is -0.720. The van der Waals surface area contributed by atoms with Crippen LogP contribution in [0.15, 0.2) is 0 Å². The Balaban J connectivity index is 0. The first-order valence-electron chi connectivity index (χ1n) is 2.52. The van der Waals surface area contributed by atoms with Gasteiger partial charge in [-0.05, 0) is 0 Å². The number of hydrogen-bond donors (Lipinski definition) is 3. The van der Waals surface area contributed by atoms with Crippen LogP contribution in [-0.4, -0.2) is 46.6 Å². The van der Waals surface area contributed by atoms with Crippen LogP contribution in [-0.2, 0) is 0 Å². The first-order chi connectivity index (χ1) is 4.54. The smallest absolute Gasteiger partial charge is 0.194 e. The molecule has 0 unspecified atom stereocenters. The molecular formula is C4H11NO5. The van der Waals surface area contributed by atoms with Gasteiger partial charge in [0.15, 0.2) is 7.05 Å². The molecule has 3 N–H and O–H groups in total. The minimum atomic E-state index is -0.954. The van der Waals surface area contributed by atoms with Crippen molar-refractivity contribution in [3.8, 4) is 0 Å². The molecule has 0 aliphatic carbocycles. The van der Waals surface area contributed by atoms with Crippen LogP contribution in [0.25, 0.3) is 0 Å². The lowest BCUT2D eigenvalue weighted by atomic mass is 10.4. The fraction of sp³-hybridized carbons (Fsp3) is 1.00. The van der Waals surface area contributed by atoms with Crippen molar-refractivity contribution in [2.24, 2.45) is 0 Å². The van der Waals surface area contributed by atoms with E-state index in [-0.39, 0.29) is 13.2 Å². The van der Waals surface area contributed by atoms with E-state index in [1.165, 1.54) is 0 Å². The van der Waals surface area contributed by atoms with Gasteiger partial charge in [-0.25, -0.2) is 0 Å². The van der Waals surface area contributed by atoms with E-state index in [4.69, 9.17) is 25.4 Å².